The third-order valence-corrected chi connectivity index (χ3v) is 4.55. The van der Waals surface area contributed by atoms with Crippen molar-refractivity contribution in [1.82, 2.24) is 20.3 Å². The summed E-state index contributed by atoms with van der Waals surface area (Å²) in [5.41, 5.74) is -0.499. The molecule has 1 saturated heterocycles. The van der Waals surface area contributed by atoms with Gasteiger partial charge in [0.05, 0.1) is 5.39 Å². The van der Waals surface area contributed by atoms with E-state index in [0.29, 0.717) is 30.8 Å². The summed E-state index contributed by atoms with van der Waals surface area (Å²) in [6.45, 7) is 7.23. The fourth-order valence-electron chi connectivity index (χ4n) is 2.97. The molecular weight excluding hydrogens is 396 g/mol. The Morgan fingerprint density at radius 3 is 2.85 bits per heavy atom. The van der Waals surface area contributed by atoms with Crippen LogP contribution in [0.2, 0.25) is 10.4 Å². The molecule has 0 aliphatic carbocycles. The van der Waals surface area contributed by atoms with Gasteiger partial charge in [0.1, 0.15) is 16.9 Å². The second kappa shape index (κ2) is 7.59. The third-order valence-electron chi connectivity index (χ3n) is 4.11. The normalized spacial score (nSPS) is 17.4. The molecule has 1 atom stereocenters. The van der Waals surface area contributed by atoms with E-state index in [1.807, 2.05) is 25.7 Å². The highest BCUT2D eigenvalue weighted by Gasteiger charge is 2.27. The predicted molar refractivity (Wildman–Crippen MR) is 102 cm³/mol. The molecule has 2 aromatic heterocycles. The predicted octanol–water partition coefficient (Wildman–Crippen LogP) is 3.82. The number of hydrogen-bond acceptors (Lipinski definition) is 6. The molecular formula is C17H20Cl2FN5O2. The van der Waals surface area contributed by atoms with Crippen LogP contribution in [-0.4, -0.2) is 46.3 Å². The molecule has 3 rings (SSSR count). The van der Waals surface area contributed by atoms with Crippen LogP contribution >= 0.6 is 23.2 Å². The molecule has 0 radical (unpaired) electrons. The molecule has 0 saturated carbocycles. The number of nitrogens with one attached hydrogen (secondary N) is 1. The Morgan fingerprint density at radius 2 is 2.15 bits per heavy atom. The van der Waals surface area contributed by atoms with Gasteiger partial charge in [-0.15, -0.1) is 0 Å². The first kappa shape index (κ1) is 19.8. The molecule has 1 fully saturated rings. The van der Waals surface area contributed by atoms with Crippen LogP contribution in [0.4, 0.5) is 15.0 Å². The number of halogens is 3. The molecule has 1 aliphatic rings. The Hall–Kier alpha value is -1.93. The van der Waals surface area contributed by atoms with Crippen LogP contribution in [0.5, 0.6) is 0 Å². The minimum Gasteiger partial charge on any atom is -0.444 e. The van der Waals surface area contributed by atoms with Gasteiger partial charge in [-0.25, -0.2) is 19.2 Å². The Kier molecular flexibility index (Phi) is 5.58. The lowest BCUT2D eigenvalue weighted by atomic mass is 10.1. The monoisotopic (exact) mass is 415 g/mol. The summed E-state index contributed by atoms with van der Waals surface area (Å²) in [7, 11) is 0. The Balaban J connectivity index is 1.72. The number of ether oxygens (including phenoxy) is 1. The fraction of sp³-hybridized carbons (Fsp3) is 0.529. The fourth-order valence-corrected chi connectivity index (χ4v) is 3.27. The summed E-state index contributed by atoms with van der Waals surface area (Å²) in [6, 6.07) is 0. The molecule has 146 valence electrons. The Morgan fingerprint density at radius 1 is 1.41 bits per heavy atom. The van der Waals surface area contributed by atoms with E-state index in [1.54, 1.807) is 0 Å². The van der Waals surface area contributed by atoms with Gasteiger partial charge in [-0.05, 0) is 44.7 Å². The van der Waals surface area contributed by atoms with Gasteiger partial charge in [-0.3, -0.25) is 0 Å². The van der Waals surface area contributed by atoms with E-state index in [1.165, 1.54) is 6.20 Å². The van der Waals surface area contributed by atoms with E-state index in [9.17, 15) is 9.18 Å². The molecule has 10 heteroatoms. The molecule has 1 aliphatic heterocycles. The van der Waals surface area contributed by atoms with Gasteiger partial charge in [0.25, 0.3) is 0 Å². The van der Waals surface area contributed by atoms with Crippen molar-refractivity contribution < 1.29 is 13.9 Å². The zero-order valence-electron chi connectivity index (χ0n) is 15.2. The lowest BCUT2D eigenvalue weighted by Crippen LogP contribution is -2.36. The summed E-state index contributed by atoms with van der Waals surface area (Å²) in [5, 5.41) is 2.91. The maximum atomic E-state index is 14.2. The molecule has 2 aromatic rings. The summed E-state index contributed by atoms with van der Waals surface area (Å²) in [6.07, 6.45) is 1.83. The summed E-state index contributed by atoms with van der Waals surface area (Å²) in [4.78, 5) is 25.8. The smallest absolute Gasteiger partial charge is 0.407 e. The minimum atomic E-state index is -0.720. The second-order valence-corrected chi connectivity index (χ2v) is 8.12. The van der Waals surface area contributed by atoms with Crippen LogP contribution < -0.4 is 10.2 Å². The first-order valence-corrected chi connectivity index (χ1v) is 9.28. The molecule has 0 bridgehead atoms. The highest BCUT2D eigenvalue weighted by molar-refractivity contribution is 6.30. The molecule has 3 heterocycles. The standard InChI is InChI=1S/C17H20Cl2FN5O2/c1-17(2,3)27-16(26)22-6-9-4-5-25(8-9)14-10-7-21-13(18)11(20)12(10)23-15(19)24-14/h7,9H,4-6,8H2,1-3H3,(H,22,26). The average Bonchev–Trinajstić information content (AvgIpc) is 3.03. The van der Waals surface area contributed by atoms with Crippen LogP contribution in [0.25, 0.3) is 10.9 Å². The number of carbonyl (C=O) groups excluding carboxylic acids is 1. The van der Waals surface area contributed by atoms with Gasteiger partial charge in [0.15, 0.2) is 11.0 Å². The molecule has 7 nitrogen and oxygen atoms in total. The van der Waals surface area contributed by atoms with Crippen LogP contribution in [0, 0.1) is 11.7 Å². The zero-order valence-corrected chi connectivity index (χ0v) is 16.7. The van der Waals surface area contributed by atoms with Gasteiger partial charge in [0, 0.05) is 25.8 Å². The number of rotatable bonds is 3. The zero-order chi connectivity index (χ0) is 19.8. The number of aromatic nitrogens is 3. The van der Waals surface area contributed by atoms with Gasteiger partial charge in [-0.1, -0.05) is 11.6 Å². The van der Waals surface area contributed by atoms with Crippen molar-refractivity contribution in [3.8, 4) is 0 Å². The van der Waals surface area contributed by atoms with Crippen molar-refractivity contribution >= 4 is 46.0 Å². The molecule has 1 N–H and O–H groups in total. The van der Waals surface area contributed by atoms with Crippen LogP contribution in [0.3, 0.4) is 0 Å². The van der Waals surface area contributed by atoms with Crippen LogP contribution in [-0.2, 0) is 4.74 Å². The maximum Gasteiger partial charge on any atom is 0.407 e. The van der Waals surface area contributed by atoms with Crippen molar-refractivity contribution in [1.29, 1.82) is 0 Å². The third kappa shape index (κ3) is 4.68. The number of anilines is 1. The lowest BCUT2D eigenvalue weighted by molar-refractivity contribution is 0.0520. The van der Waals surface area contributed by atoms with E-state index >= 15 is 0 Å². The van der Waals surface area contributed by atoms with Crippen molar-refractivity contribution in [2.24, 2.45) is 5.92 Å². The SMILES string of the molecule is CC(C)(C)OC(=O)NCC1CCN(c2nc(Cl)nc3c(F)c(Cl)ncc23)C1. The van der Waals surface area contributed by atoms with Gasteiger partial charge >= 0.3 is 6.09 Å². The molecule has 0 aromatic carbocycles. The topological polar surface area (TPSA) is 80.2 Å². The van der Waals surface area contributed by atoms with E-state index < -0.39 is 17.5 Å². The number of pyridine rings is 1. The highest BCUT2D eigenvalue weighted by atomic mass is 35.5. The van der Waals surface area contributed by atoms with Gasteiger partial charge in [0.2, 0.25) is 5.28 Å². The summed E-state index contributed by atoms with van der Waals surface area (Å²) < 4.78 is 19.5. The quantitative estimate of drug-likeness (QED) is 0.605. The first-order chi connectivity index (χ1) is 12.6. The van der Waals surface area contributed by atoms with Crippen LogP contribution in [0.1, 0.15) is 27.2 Å². The number of fused-ring (bicyclic) bond motifs is 1. The van der Waals surface area contributed by atoms with Gasteiger partial charge < -0.3 is 15.0 Å². The number of carbonyl (C=O) groups is 1. The van der Waals surface area contributed by atoms with Crippen LogP contribution in [0.15, 0.2) is 6.20 Å². The largest absolute Gasteiger partial charge is 0.444 e. The summed E-state index contributed by atoms with van der Waals surface area (Å²) in [5.74, 6) is -0.0127. The molecule has 27 heavy (non-hydrogen) atoms. The molecule has 1 unspecified atom stereocenters. The Bertz CT molecular complexity index is 875. The second-order valence-electron chi connectivity index (χ2n) is 7.43. The van der Waals surface area contributed by atoms with Crippen molar-refractivity contribution in [3.05, 3.63) is 22.5 Å². The van der Waals surface area contributed by atoms with E-state index in [2.05, 4.69) is 20.3 Å². The average molecular weight is 416 g/mol. The van der Waals surface area contributed by atoms with Crippen molar-refractivity contribution in [3.63, 3.8) is 0 Å². The molecule has 0 spiro atoms. The summed E-state index contributed by atoms with van der Waals surface area (Å²) >= 11 is 11.7. The number of alkyl carbamates (subject to hydrolysis) is 1. The minimum absolute atomic E-state index is 0.0420. The number of hydrogen-bond donors (Lipinski definition) is 1. The lowest BCUT2D eigenvalue weighted by Gasteiger charge is -2.21. The number of amides is 1. The van der Waals surface area contributed by atoms with Crippen molar-refractivity contribution in [2.45, 2.75) is 32.8 Å². The van der Waals surface area contributed by atoms with Gasteiger partial charge in [-0.2, -0.15) is 4.98 Å². The highest BCUT2D eigenvalue weighted by Crippen LogP contribution is 2.31. The molecule has 1 amide bonds. The van der Waals surface area contributed by atoms with E-state index in [4.69, 9.17) is 27.9 Å². The van der Waals surface area contributed by atoms with Crippen molar-refractivity contribution in [2.75, 3.05) is 24.5 Å². The van der Waals surface area contributed by atoms with E-state index in [-0.39, 0.29) is 21.9 Å². The number of nitrogens with zero attached hydrogens (tertiary/aromatic N) is 4. The first-order valence-electron chi connectivity index (χ1n) is 8.53. The Labute approximate surface area is 166 Å². The maximum absolute atomic E-state index is 14.2. The van der Waals surface area contributed by atoms with E-state index in [0.717, 1.165) is 6.42 Å².